The Balaban J connectivity index is 1.61. The Morgan fingerprint density at radius 1 is 1.21 bits per heavy atom. The third-order valence-electron chi connectivity index (χ3n) is 4.59. The van der Waals surface area contributed by atoms with Crippen molar-refractivity contribution in [2.75, 3.05) is 13.2 Å². The predicted molar refractivity (Wildman–Crippen MR) is 78.4 cm³/mol. The molecule has 1 aromatic heterocycles. The number of fused-ring (bicyclic) bond motifs is 1. The molecule has 1 aromatic rings. The van der Waals surface area contributed by atoms with Gasteiger partial charge in [0.15, 0.2) is 0 Å². The van der Waals surface area contributed by atoms with Gasteiger partial charge < -0.3 is 14.6 Å². The standard InChI is InChI=1S/C15H21F3N4O2/c16-15(17,18)9-13(23)19-11-1-2-12-20-21-14(22(12)6-3-11)10-4-7-24-8-5-10/h10-11H,1-9H2,(H,19,23). The Hall–Kier alpha value is -1.64. The van der Waals surface area contributed by atoms with E-state index >= 15 is 0 Å². The first kappa shape index (κ1) is 17.2. The summed E-state index contributed by atoms with van der Waals surface area (Å²) < 4.78 is 44.3. The van der Waals surface area contributed by atoms with Crippen LogP contribution in [0.3, 0.4) is 0 Å². The minimum absolute atomic E-state index is 0.260. The lowest BCUT2D eigenvalue weighted by atomic mass is 9.99. The highest BCUT2D eigenvalue weighted by molar-refractivity contribution is 5.76. The van der Waals surface area contributed by atoms with Gasteiger partial charge in [0.05, 0.1) is 0 Å². The summed E-state index contributed by atoms with van der Waals surface area (Å²) in [5, 5.41) is 11.1. The Morgan fingerprint density at radius 2 is 1.96 bits per heavy atom. The topological polar surface area (TPSA) is 69.0 Å². The van der Waals surface area contributed by atoms with Crippen molar-refractivity contribution in [1.29, 1.82) is 0 Å². The zero-order chi connectivity index (χ0) is 17.2. The summed E-state index contributed by atoms with van der Waals surface area (Å²) in [5.41, 5.74) is 0. The van der Waals surface area contributed by atoms with Crippen LogP contribution in [-0.4, -0.2) is 46.1 Å². The van der Waals surface area contributed by atoms with Gasteiger partial charge in [-0.15, -0.1) is 10.2 Å². The molecule has 0 saturated carbocycles. The molecule has 9 heteroatoms. The van der Waals surface area contributed by atoms with E-state index in [4.69, 9.17) is 4.74 Å². The summed E-state index contributed by atoms with van der Waals surface area (Å²) in [4.78, 5) is 11.5. The molecule has 0 bridgehead atoms. The smallest absolute Gasteiger partial charge is 0.381 e. The fourth-order valence-corrected chi connectivity index (χ4v) is 3.37. The number of alkyl halides is 3. The molecule has 0 aliphatic carbocycles. The number of aromatic nitrogens is 3. The first-order valence-corrected chi connectivity index (χ1v) is 8.28. The summed E-state index contributed by atoms with van der Waals surface area (Å²) in [6.07, 6.45) is -2.31. The molecule has 3 heterocycles. The largest absolute Gasteiger partial charge is 0.397 e. The molecule has 2 aliphatic heterocycles. The summed E-state index contributed by atoms with van der Waals surface area (Å²) in [5.74, 6) is 1.14. The number of aryl methyl sites for hydroxylation is 1. The van der Waals surface area contributed by atoms with E-state index in [9.17, 15) is 18.0 Å². The Kier molecular flexibility index (Phi) is 5.07. The molecule has 1 atom stereocenters. The van der Waals surface area contributed by atoms with Crippen LogP contribution in [0.15, 0.2) is 0 Å². The van der Waals surface area contributed by atoms with Crippen LogP contribution >= 0.6 is 0 Å². The SMILES string of the molecule is O=C(CC(F)(F)F)NC1CCc2nnc(C3CCOCC3)n2CC1. The normalized spacial score (nSPS) is 22.7. The molecule has 2 aliphatic rings. The molecule has 24 heavy (non-hydrogen) atoms. The molecule has 1 N–H and O–H groups in total. The van der Waals surface area contributed by atoms with Crippen LogP contribution in [0.1, 0.15) is 49.7 Å². The van der Waals surface area contributed by atoms with E-state index in [0.29, 0.717) is 44.9 Å². The summed E-state index contributed by atoms with van der Waals surface area (Å²) in [7, 11) is 0. The number of ether oxygens (including phenoxy) is 1. The average molecular weight is 346 g/mol. The lowest BCUT2D eigenvalue weighted by molar-refractivity contribution is -0.154. The van der Waals surface area contributed by atoms with Crippen molar-refractivity contribution in [3.05, 3.63) is 11.6 Å². The predicted octanol–water partition coefficient (Wildman–Crippen LogP) is 1.95. The van der Waals surface area contributed by atoms with Crippen molar-refractivity contribution >= 4 is 5.91 Å². The van der Waals surface area contributed by atoms with E-state index in [0.717, 1.165) is 24.5 Å². The average Bonchev–Trinajstić information content (AvgIpc) is 2.82. The highest BCUT2D eigenvalue weighted by Crippen LogP contribution is 2.28. The van der Waals surface area contributed by atoms with Crippen LogP contribution in [0.2, 0.25) is 0 Å². The second kappa shape index (κ2) is 7.08. The molecular formula is C15H21F3N4O2. The van der Waals surface area contributed by atoms with E-state index in [1.54, 1.807) is 0 Å². The highest BCUT2D eigenvalue weighted by Gasteiger charge is 2.32. The number of amides is 1. The van der Waals surface area contributed by atoms with Gasteiger partial charge in [0.25, 0.3) is 0 Å². The van der Waals surface area contributed by atoms with Gasteiger partial charge in [0.2, 0.25) is 5.91 Å². The van der Waals surface area contributed by atoms with Crippen LogP contribution in [0, 0.1) is 0 Å². The number of rotatable bonds is 3. The lowest BCUT2D eigenvalue weighted by Crippen LogP contribution is -2.37. The van der Waals surface area contributed by atoms with E-state index in [2.05, 4.69) is 20.1 Å². The Bertz CT molecular complexity index is 582. The van der Waals surface area contributed by atoms with Gasteiger partial charge in [0.1, 0.15) is 18.1 Å². The molecule has 6 nitrogen and oxygen atoms in total. The summed E-state index contributed by atoms with van der Waals surface area (Å²) in [6.45, 7) is 2.04. The van der Waals surface area contributed by atoms with Crippen molar-refractivity contribution < 1.29 is 22.7 Å². The van der Waals surface area contributed by atoms with Crippen LogP contribution in [0.4, 0.5) is 13.2 Å². The number of hydrogen-bond acceptors (Lipinski definition) is 4. The van der Waals surface area contributed by atoms with Gasteiger partial charge in [-0.2, -0.15) is 13.2 Å². The molecule has 0 spiro atoms. The number of nitrogens with one attached hydrogen (secondary N) is 1. The maximum Gasteiger partial charge on any atom is 0.397 e. The van der Waals surface area contributed by atoms with E-state index in [1.165, 1.54) is 0 Å². The highest BCUT2D eigenvalue weighted by atomic mass is 19.4. The van der Waals surface area contributed by atoms with Gasteiger partial charge >= 0.3 is 6.18 Å². The van der Waals surface area contributed by atoms with Gasteiger partial charge in [-0.25, -0.2) is 0 Å². The van der Waals surface area contributed by atoms with Crippen molar-refractivity contribution in [2.45, 2.75) is 63.2 Å². The summed E-state index contributed by atoms with van der Waals surface area (Å²) in [6, 6.07) is -0.260. The maximum atomic E-state index is 12.3. The lowest BCUT2D eigenvalue weighted by Gasteiger charge is -2.22. The molecule has 1 saturated heterocycles. The van der Waals surface area contributed by atoms with Gasteiger partial charge in [0, 0.05) is 38.1 Å². The van der Waals surface area contributed by atoms with E-state index < -0.39 is 18.5 Å². The van der Waals surface area contributed by atoms with Crippen LogP contribution in [0.5, 0.6) is 0 Å². The number of halogens is 3. The second-order valence-electron chi connectivity index (χ2n) is 6.40. The maximum absolute atomic E-state index is 12.3. The fraction of sp³-hybridized carbons (Fsp3) is 0.800. The first-order valence-electron chi connectivity index (χ1n) is 8.28. The van der Waals surface area contributed by atoms with Gasteiger partial charge in [-0.1, -0.05) is 0 Å². The zero-order valence-corrected chi connectivity index (χ0v) is 13.3. The van der Waals surface area contributed by atoms with Crippen molar-refractivity contribution in [2.24, 2.45) is 0 Å². The Labute approximate surface area is 137 Å². The molecule has 1 unspecified atom stereocenters. The van der Waals surface area contributed by atoms with Crippen LogP contribution < -0.4 is 5.32 Å². The van der Waals surface area contributed by atoms with Crippen LogP contribution in [-0.2, 0) is 22.5 Å². The molecule has 0 radical (unpaired) electrons. The minimum atomic E-state index is -4.47. The summed E-state index contributed by atoms with van der Waals surface area (Å²) >= 11 is 0. The molecule has 3 rings (SSSR count). The molecule has 1 amide bonds. The second-order valence-corrected chi connectivity index (χ2v) is 6.40. The van der Waals surface area contributed by atoms with Crippen molar-refractivity contribution in [3.63, 3.8) is 0 Å². The van der Waals surface area contributed by atoms with Crippen LogP contribution in [0.25, 0.3) is 0 Å². The minimum Gasteiger partial charge on any atom is -0.381 e. The first-order chi connectivity index (χ1) is 11.4. The Morgan fingerprint density at radius 3 is 2.67 bits per heavy atom. The molecule has 1 fully saturated rings. The van der Waals surface area contributed by atoms with Gasteiger partial charge in [-0.05, 0) is 25.7 Å². The number of carbonyl (C=O) groups is 1. The molecule has 0 aromatic carbocycles. The third-order valence-corrected chi connectivity index (χ3v) is 4.59. The number of nitrogens with zero attached hydrogens (tertiary/aromatic N) is 3. The van der Waals surface area contributed by atoms with Crippen molar-refractivity contribution in [3.8, 4) is 0 Å². The quantitative estimate of drug-likeness (QED) is 0.908. The molecular weight excluding hydrogens is 325 g/mol. The van der Waals surface area contributed by atoms with E-state index in [-0.39, 0.29) is 6.04 Å². The third kappa shape index (κ3) is 4.25. The van der Waals surface area contributed by atoms with Crippen molar-refractivity contribution in [1.82, 2.24) is 20.1 Å². The fourth-order valence-electron chi connectivity index (χ4n) is 3.37. The van der Waals surface area contributed by atoms with Gasteiger partial charge in [-0.3, -0.25) is 4.79 Å². The zero-order valence-electron chi connectivity index (χ0n) is 13.3. The number of hydrogen-bond donors (Lipinski definition) is 1. The number of carbonyl (C=O) groups excluding carboxylic acids is 1. The van der Waals surface area contributed by atoms with E-state index in [1.807, 2.05) is 0 Å². The molecule has 134 valence electrons. The monoisotopic (exact) mass is 346 g/mol.